The second kappa shape index (κ2) is 10.2. The van der Waals surface area contributed by atoms with E-state index in [2.05, 4.69) is 5.32 Å². The third-order valence-corrected chi connectivity index (χ3v) is 5.39. The van der Waals surface area contributed by atoms with Crippen LogP contribution in [0.2, 0.25) is 5.02 Å². The van der Waals surface area contributed by atoms with Crippen molar-refractivity contribution in [2.75, 3.05) is 6.61 Å². The van der Waals surface area contributed by atoms with Crippen molar-refractivity contribution >= 4 is 34.4 Å². The van der Waals surface area contributed by atoms with Crippen molar-refractivity contribution in [3.05, 3.63) is 105 Å². The second-order valence-corrected chi connectivity index (χ2v) is 7.90. The van der Waals surface area contributed by atoms with Gasteiger partial charge in [-0.05, 0) is 54.4 Å². The summed E-state index contributed by atoms with van der Waals surface area (Å²) in [6.07, 6.45) is 0. The van der Waals surface area contributed by atoms with E-state index in [4.69, 9.17) is 25.5 Å². The van der Waals surface area contributed by atoms with Gasteiger partial charge in [0.05, 0.1) is 0 Å². The Morgan fingerprint density at radius 1 is 0.971 bits per heavy atom. The normalized spacial score (nSPS) is 10.6. The number of carbonyl (C=O) groups excluding carboxylic acids is 2. The highest BCUT2D eigenvalue weighted by Crippen LogP contribution is 2.22. The zero-order chi connectivity index (χ0) is 24.1. The minimum absolute atomic E-state index is 0.111. The first-order valence-corrected chi connectivity index (χ1v) is 10.8. The van der Waals surface area contributed by atoms with Crippen LogP contribution in [0.4, 0.5) is 0 Å². The molecule has 3 aromatic carbocycles. The molecule has 4 aromatic rings. The number of fused-ring (bicyclic) bond motifs is 1. The lowest BCUT2D eigenvalue weighted by Gasteiger charge is -2.09. The molecule has 0 aliphatic carbocycles. The predicted octanol–water partition coefficient (Wildman–Crippen LogP) is 4.67. The third-order valence-electron chi connectivity index (χ3n) is 4.97. The zero-order valence-electron chi connectivity index (χ0n) is 18.2. The van der Waals surface area contributed by atoms with Gasteiger partial charge >= 0.3 is 11.6 Å². The molecular weight excluding hydrogens is 458 g/mol. The largest absolute Gasteiger partial charge is 0.482 e. The van der Waals surface area contributed by atoms with Crippen molar-refractivity contribution < 1.29 is 23.5 Å². The Labute approximate surface area is 199 Å². The Morgan fingerprint density at radius 2 is 1.74 bits per heavy atom. The Morgan fingerprint density at radius 3 is 2.50 bits per heavy atom. The van der Waals surface area contributed by atoms with Gasteiger partial charge in [-0.15, -0.1) is 0 Å². The molecule has 0 radical (unpaired) electrons. The Kier molecular flexibility index (Phi) is 6.94. The van der Waals surface area contributed by atoms with Crippen molar-refractivity contribution in [1.29, 1.82) is 0 Å². The SMILES string of the molecule is Cc1cc(OCC(=O)Oc2ccc3cc(C(=O)NCc4ccccc4)c(=O)oc3c2)ccc1Cl. The van der Waals surface area contributed by atoms with Crippen molar-refractivity contribution in [2.24, 2.45) is 0 Å². The highest BCUT2D eigenvalue weighted by molar-refractivity contribution is 6.31. The highest BCUT2D eigenvalue weighted by Gasteiger charge is 2.15. The number of amides is 1. The molecular formula is C26H20ClNO6. The van der Waals surface area contributed by atoms with Gasteiger partial charge in [-0.25, -0.2) is 9.59 Å². The summed E-state index contributed by atoms with van der Waals surface area (Å²) in [5.41, 5.74) is 1.01. The molecule has 1 aromatic heterocycles. The van der Waals surface area contributed by atoms with Crippen molar-refractivity contribution in [3.63, 3.8) is 0 Å². The minimum atomic E-state index is -0.789. The fourth-order valence-electron chi connectivity index (χ4n) is 3.20. The van der Waals surface area contributed by atoms with Crippen LogP contribution in [0.15, 0.2) is 82.0 Å². The van der Waals surface area contributed by atoms with Gasteiger partial charge in [0.1, 0.15) is 22.6 Å². The molecule has 0 aliphatic rings. The summed E-state index contributed by atoms with van der Waals surface area (Å²) in [4.78, 5) is 37.0. The van der Waals surface area contributed by atoms with Gasteiger partial charge in [-0.2, -0.15) is 0 Å². The van der Waals surface area contributed by atoms with Crippen LogP contribution in [0.3, 0.4) is 0 Å². The molecule has 0 saturated carbocycles. The van der Waals surface area contributed by atoms with E-state index in [0.29, 0.717) is 16.2 Å². The topological polar surface area (TPSA) is 94.8 Å². The van der Waals surface area contributed by atoms with Crippen molar-refractivity contribution in [1.82, 2.24) is 5.32 Å². The van der Waals surface area contributed by atoms with Crippen LogP contribution < -0.4 is 20.4 Å². The summed E-state index contributed by atoms with van der Waals surface area (Å²) in [7, 11) is 0. The van der Waals surface area contributed by atoms with Crippen LogP contribution in [0.25, 0.3) is 11.0 Å². The average Bonchev–Trinajstić information content (AvgIpc) is 2.83. The maximum Gasteiger partial charge on any atom is 0.349 e. The molecule has 7 nitrogen and oxygen atoms in total. The van der Waals surface area contributed by atoms with Gasteiger partial charge in [0.25, 0.3) is 5.91 Å². The van der Waals surface area contributed by atoms with Crippen LogP contribution in [0.1, 0.15) is 21.5 Å². The molecule has 34 heavy (non-hydrogen) atoms. The first-order chi connectivity index (χ1) is 16.4. The van der Waals surface area contributed by atoms with E-state index in [0.717, 1.165) is 11.1 Å². The lowest BCUT2D eigenvalue weighted by molar-refractivity contribution is -0.136. The van der Waals surface area contributed by atoms with Gasteiger partial charge < -0.3 is 19.2 Å². The van der Waals surface area contributed by atoms with Crippen LogP contribution in [0, 0.1) is 6.92 Å². The molecule has 0 fully saturated rings. The molecule has 0 bridgehead atoms. The molecule has 1 N–H and O–H groups in total. The van der Waals surface area contributed by atoms with Gasteiger partial charge in [-0.1, -0.05) is 41.9 Å². The number of hydrogen-bond donors (Lipinski definition) is 1. The smallest absolute Gasteiger partial charge is 0.349 e. The summed E-state index contributed by atoms with van der Waals surface area (Å²) in [5, 5.41) is 3.82. The molecule has 1 amide bonds. The maximum atomic E-state index is 12.5. The Bertz CT molecular complexity index is 1410. The fraction of sp³-hybridized carbons (Fsp3) is 0.115. The standard InChI is InChI=1S/C26H20ClNO6/c1-16-11-19(9-10-22(16)27)32-15-24(29)33-20-8-7-18-12-21(26(31)34-23(18)13-20)25(30)28-14-17-5-3-2-4-6-17/h2-13H,14-15H2,1H3,(H,28,30). The lowest BCUT2D eigenvalue weighted by Crippen LogP contribution is -2.27. The zero-order valence-corrected chi connectivity index (χ0v) is 18.9. The van der Waals surface area contributed by atoms with Gasteiger partial charge in [0.15, 0.2) is 6.61 Å². The number of hydrogen-bond acceptors (Lipinski definition) is 6. The van der Waals surface area contributed by atoms with Gasteiger partial charge in [0.2, 0.25) is 0 Å². The van der Waals surface area contributed by atoms with E-state index in [1.165, 1.54) is 12.1 Å². The average molecular weight is 478 g/mol. The van der Waals surface area contributed by atoms with Gasteiger partial charge in [-0.3, -0.25) is 4.79 Å². The molecule has 1 heterocycles. The number of aryl methyl sites for hydroxylation is 1. The molecule has 0 aliphatic heterocycles. The Balaban J connectivity index is 1.41. The summed E-state index contributed by atoms with van der Waals surface area (Å²) in [5.74, 6) is -0.505. The molecule has 4 rings (SSSR count). The number of esters is 1. The van der Waals surface area contributed by atoms with E-state index in [1.54, 1.807) is 30.3 Å². The molecule has 0 unspecified atom stereocenters. The lowest BCUT2D eigenvalue weighted by atomic mass is 10.1. The quantitative estimate of drug-likeness (QED) is 0.236. The van der Waals surface area contributed by atoms with Crippen LogP contribution in [-0.4, -0.2) is 18.5 Å². The molecule has 8 heteroatoms. The second-order valence-electron chi connectivity index (χ2n) is 7.49. The minimum Gasteiger partial charge on any atom is -0.482 e. The first-order valence-electron chi connectivity index (χ1n) is 10.4. The summed E-state index contributed by atoms with van der Waals surface area (Å²) in [6, 6.07) is 20.4. The van der Waals surface area contributed by atoms with E-state index < -0.39 is 17.5 Å². The van der Waals surface area contributed by atoms with E-state index >= 15 is 0 Å². The van der Waals surface area contributed by atoms with Crippen molar-refractivity contribution in [2.45, 2.75) is 13.5 Å². The van der Waals surface area contributed by atoms with Crippen LogP contribution >= 0.6 is 11.6 Å². The molecule has 0 atom stereocenters. The number of carbonyl (C=O) groups is 2. The maximum absolute atomic E-state index is 12.5. The predicted molar refractivity (Wildman–Crippen MR) is 127 cm³/mol. The van der Waals surface area contributed by atoms with Crippen molar-refractivity contribution in [3.8, 4) is 11.5 Å². The first kappa shape index (κ1) is 23.1. The Hall–Kier alpha value is -4.10. The fourth-order valence-corrected chi connectivity index (χ4v) is 3.31. The van der Waals surface area contributed by atoms with E-state index in [-0.39, 0.29) is 30.0 Å². The number of ether oxygens (including phenoxy) is 2. The van der Waals surface area contributed by atoms with Crippen LogP contribution in [0.5, 0.6) is 11.5 Å². The van der Waals surface area contributed by atoms with Gasteiger partial charge in [0, 0.05) is 23.0 Å². The van der Waals surface area contributed by atoms with E-state index in [9.17, 15) is 14.4 Å². The summed E-state index contributed by atoms with van der Waals surface area (Å²) >= 11 is 5.98. The van der Waals surface area contributed by atoms with E-state index in [1.807, 2.05) is 37.3 Å². The molecule has 0 spiro atoms. The number of rotatable bonds is 7. The molecule has 0 saturated heterocycles. The number of benzene rings is 3. The third kappa shape index (κ3) is 5.63. The summed E-state index contributed by atoms with van der Waals surface area (Å²) < 4.78 is 16.0. The molecule has 172 valence electrons. The van der Waals surface area contributed by atoms with Crippen LogP contribution in [-0.2, 0) is 11.3 Å². The number of nitrogens with one attached hydrogen (secondary N) is 1. The highest BCUT2D eigenvalue weighted by atomic mass is 35.5. The number of halogens is 1. The monoisotopic (exact) mass is 477 g/mol. The summed E-state index contributed by atoms with van der Waals surface area (Å²) in [6.45, 7) is 1.79.